The van der Waals surface area contributed by atoms with E-state index >= 15 is 0 Å². The highest BCUT2D eigenvalue weighted by atomic mass is 31.2. The zero-order valence-corrected chi connectivity index (χ0v) is 34.2. The Kier molecular flexibility index (Phi) is 37.9. The van der Waals surface area contributed by atoms with Crippen molar-refractivity contribution in [3.8, 4) is 0 Å². The van der Waals surface area contributed by atoms with E-state index in [1.807, 2.05) is 6.08 Å². The number of carbonyl (C=O) groups excluding carboxylic acids is 1. The maximum Gasteiger partial charge on any atom is 0.472 e. The summed E-state index contributed by atoms with van der Waals surface area (Å²) in [5, 5.41) is 13.6. The van der Waals surface area contributed by atoms with Gasteiger partial charge >= 0.3 is 7.82 Å². The fraction of sp³-hybridized carbons (Fsp3) is 0.881. The number of hydrogen-bond acceptors (Lipinski definition) is 6. The van der Waals surface area contributed by atoms with Gasteiger partial charge in [-0.25, -0.2) is 4.57 Å². The molecular weight excluding hydrogens is 659 g/mol. The van der Waals surface area contributed by atoms with Crippen LogP contribution in [0, 0.1) is 0 Å². The van der Waals surface area contributed by atoms with Crippen molar-refractivity contribution < 1.29 is 28.4 Å². The number of hydrogen-bond donors (Lipinski definition) is 4. The number of amides is 1. The lowest BCUT2D eigenvalue weighted by molar-refractivity contribution is -0.123. The first-order valence-corrected chi connectivity index (χ1v) is 23.0. The molecule has 0 bridgehead atoms. The Morgan fingerprint density at radius 3 is 1.51 bits per heavy atom. The molecule has 0 aliphatic heterocycles. The Labute approximate surface area is 315 Å². The smallest absolute Gasteiger partial charge is 0.387 e. The number of nitrogens with one attached hydrogen (secondary N) is 1. The van der Waals surface area contributed by atoms with E-state index in [9.17, 15) is 19.4 Å². The third kappa shape index (κ3) is 37.1. The van der Waals surface area contributed by atoms with Gasteiger partial charge in [0.2, 0.25) is 5.91 Å². The van der Waals surface area contributed by atoms with E-state index in [0.29, 0.717) is 6.42 Å². The molecule has 0 radical (unpaired) electrons. The molecule has 8 nitrogen and oxygen atoms in total. The largest absolute Gasteiger partial charge is 0.472 e. The number of aliphatic hydroxyl groups is 1. The van der Waals surface area contributed by atoms with Gasteiger partial charge in [-0.1, -0.05) is 192 Å². The molecule has 0 saturated heterocycles. The van der Waals surface area contributed by atoms with Crippen LogP contribution in [-0.4, -0.2) is 47.8 Å². The molecule has 3 unspecified atom stereocenters. The second-order valence-corrected chi connectivity index (χ2v) is 16.0. The Balaban J connectivity index is 4.23. The fourth-order valence-corrected chi connectivity index (χ4v) is 7.03. The molecule has 5 N–H and O–H groups in total. The molecule has 0 fully saturated rings. The fourth-order valence-electron chi connectivity index (χ4n) is 6.27. The van der Waals surface area contributed by atoms with Crippen molar-refractivity contribution in [2.45, 2.75) is 219 Å². The van der Waals surface area contributed by atoms with Crippen molar-refractivity contribution >= 4 is 13.7 Å². The van der Waals surface area contributed by atoms with Crippen LogP contribution in [0.3, 0.4) is 0 Å². The summed E-state index contributed by atoms with van der Waals surface area (Å²) in [6, 6.07) is -0.871. The van der Waals surface area contributed by atoms with Crippen molar-refractivity contribution in [3.63, 3.8) is 0 Å². The predicted octanol–water partition coefficient (Wildman–Crippen LogP) is 11.8. The SMILES string of the molecule is CCCCCCCCCCCCCCCC/C=C/CC/C=C/C(O)C(COP(=O)(O)OCCN)NC(=O)CCCCCCCCCCCCCC. The van der Waals surface area contributed by atoms with Gasteiger partial charge in [0.15, 0.2) is 0 Å². The molecule has 0 rings (SSSR count). The molecule has 0 saturated carbocycles. The number of rotatable bonds is 40. The van der Waals surface area contributed by atoms with Crippen LogP contribution in [0.15, 0.2) is 24.3 Å². The maximum absolute atomic E-state index is 12.7. The summed E-state index contributed by atoms with van der Waals surface area (Å²) in [7, 11) is -4.34. The molecule has 0 aromatic rings. The topological polar surface area (TPSA) is 131 Å². The van der Waals surface area contributed by atoms with Crippen LogP contribution in [0.25, 0.3) is 0 Å². The van der Waals surface area contributed by atoms with Gasteiger partial charge in [-0.05, 0) is 32.1 Å². The first kappa shape index (κ1) is 50.0. The lowest BCUT2D eigenvalue weighted by atomic mass is 10.0. The number of unbranched alkanes of at least 4 members (excludes halogenated alkanes) is 26. The highest BCUT2D eigenvalue weighted by Crippen LogP contribution is 2.43. The molecule has 9 heteroatoms. The average Bonchev–Trinajstić information content (AvgIpc) is 3.12. The first-order chi connectivity index (χ1) is 24.9. The van der Waals surface area contributed by atoms with Crippen molar-refractivity contribution in [2.75, 3.05) is 19.8 Å². The van der Waals surface area contributed by atoms with E-state index < -0.39 is 20.0 Å². The van der Waals surface area contributed by atoms with Crippen molar-refractivity contribution in [2.24, 2.45) is 5.73 Å². The number of nitrogens with two attached hydrogens (primary N) is 1. The summed E-state index contributed by atoms with van der Waals surface area (Å²) >= 11 is 0. The molecule has 0 aromatic heterocycles. The van der Waals surface area contributed by atoms with Gasteiger partial charge in [0.05, 0.1) is 25.4 Å². The molecule has 0 aliphatic rings. The van der Waals surface area contributed by atoms with Crippen molar-refractivity contribution in [1.82, 2.24) is 5.32 Å². The van der Waals surface area contributed by atoms with Gasteiger partial charge in [-0.3, -0.25) is 13.8 Å². The van der Waals surface area contributed by atoms with Crippen LogP contribution in [-0.2, 0) is 18.4 Å². The number of allylic oxidation sites excluding steroid dienone is 3. The third-order valence-corrected chi connectivity index (χ3v) is 10.5. The van der Waals surface area contributed by atoms with Crippen molar-refractivity contribution in [3.05, 3.63) is 24.3 Å². The normalized spacial score (nSPS) is 14.4. The molecule has 0 heterocycles. The summed E-state index contributed by atoms with van der Waals surface area (Å²) in [6.45, 7) is 4.12. The van der Waals surface area contributed by atoms with Gasteiger partial charge in [-0.15, -0.1) is 0 Å². The molecule has 302 valence electrons. The number of aliphatic hydroxyl groups excluding tert-OH is 1. The molecule has 0 spiro atoms. The second kappa shape index (κ2) is 38.7. The van der Waals surface area contributed by atoms with Gasteiger partial charge in [0.1, 0.15) is 0 Å². The zero-order valence-electron chi connectivity index (χ0n) is 33.4. The van der Waals surface area contributed by atoms with Gasteiger partial charge < -0.3 is 21.1 Å². The number of carbonyl (C=O) groups is 1. The molecular formula is C42H83N2O6P. The standard InChI is InChI=1S/C42H83N2O6P/c1-3-5-7-9-11-13-15-17-18-19-20-21-22-23-24-25-27-29-31-33-35-41(45)40(39-50-51(47,48)49-38-37-43)44-42(46)36-34-32-30-28-26-16-14-12-10-8-6-4-2/h25,27,33,35,40-41,45H,3-24,26,28-32,34,36-39,43H2,1-2H3,(H,44,46)(H,47,48)/b27-25+,35-33+. The lowest BCUT2D eigenvalue weighted by Crippen LogP contribution is -2.45. The summed E-state index contributed by atoms with van der Waals surface area (Å²) < 4.78 is 22.1. The van der Waals surface area contributed by atoms with E-state index in [2.05, 4.69) is 31.3 Å². The Bertz CT molecular complexity index is 855. The monoisotopic (exact) mass is 743 g/mol. The van der Waals surface area contributed by atoms with Gasteiger partial charge in [-0.2, -0.15) is 0 Å². The summed E-state index contributed by atoms with van der Waals surface area (Å²) in [5.74, 6) is -0.204. The summed E-state index contributed by atoms with van der Waals surface area (Å²) in [5.41, 5.74) is 5.36. The molecule has 0 aromatic carbocycles. The number of phosphoric acid groups is 1. The van der Waals surface area contributed by atoms with Crippen LogP contribution in [0.1, 0.15) is 206 Å². The minimum absolute atomic E-state index is 0.0758. The van der Waals surface area contributed by atoms with E-state index in [0.717, 1.165) is 38.5 Å². The Hall–Kier alpha value is -1.02. The summed E-state index contributed by atoms with van der Waals surface area (Å²) in [4.78, 5) is 22.6. The quantitative estimate of drug-likeness (QED) is 0.0279. The van der Waals surface area contributed by atoms with E-state index in [4.69, 9.17) is 14.8 Å². The lowest BCUT2D eigenvalue weighted by Gasteiger charge is -2.23. The van der Waals surface area contributed by atoms with E-state index in [1.165, 1.54) is 148 Å². The van der Waals surface area contributed by atoms with Crippen molar-refractivity contribution in [1.29, 1.82) is 0 Å². The second-order valence-electron chi connectivity index (χ2n) is 14.6. The zero-order chi connectivity index (χ0) is 37.5. The highest BCUT2D eigenvalue weighted by Gasteiger charge is 2.26. The highest BCUT2D eigenvalue weighted by molar-refractivity contribution is 7.47. The van der Waals surface area contributed by atoms with Crippen LogP contribution in [0.5, 0.6) is 0 Å². The van der Waals surface area contributed by atoms with Crippen LogP contribution in [0.2, 0.25) is 0 Å². The Morgan fingerprint density at radius 1 is 0.627 bits per heavy atom. The van der Waals surface area contributed by atoms with Crippen LogP contribution < -0.4 is 11.1 Å². The molecule has 0 aliphatic carbocycles. The summed E-state index contributed by atoms with van der Waals surface area (Å²) in [6.07, 6.45) is 43.7. The third-order valence-electron chi connectivity index (χ3n) is 9.53. The van der Waals surface area contributed by atoms with Gasteiger partial charge in [0.25, 0.3) is 0 Å². The van der Waals surface area contributed by atoms with E-state index in [1.54, 1.807) is 6.08 Å². The van der Waals surface area contributed by atoms with Gasteiger partial charge in [0, 0.05) is 13.0 Å². The first-order valence-electron chi connectivity index (χ1n) is 21.5. The van der Waals surface area contributed by atoms with E-state index in [-0.39, 0.29) is 25.7 Å². The van der Waals surface area contributed by atoms with Crippen LogP contribution >= 0.6 is 7.82 Å². The maximum atomic E-state index is 12.7. The molecule has 3 atom stereocenters. The van der Waals surface area contributed by atoms with Crippen LogP contribution in [0.4, 0.5) is 0 Å². The predicted molar refractivity (Wildman–Crippen MR) is 217 cm³/mol. The Morgan fingerprint density at radius 2 is 1.04 bits per heavy atom. The molecule has 1 amide bonds. The average molecular weight is 743 g/mol. The minimum Gasteiger partial charge on any atom is -0.387 e. The number of phosphoric ester groups is 1. The molecule has 51 heavy (non-hydrogen) atoms. The minimum atomic E-state index is -4.34.